The number of benzene rings is 1. The molecule has 2 spiro atoms. The molecule has 5 atom stereocenters. The number of carbonyl (C=O) groups is 1. The molecule has 174 valence electrons. The minimum atomic E-state index is -0.847. The van der Waals surface area contributed by atoms with Gasteiger partial charge in [-0.25, -0.2) is 0 Å². The van der Waals surface area contributed by atoms with Crippen LogP contribution in [-0.2, 0) is 28.5 Å². The molecule has 3 aliphatic heterocycles. The molecule has 0 bridgehead atoms. The summed E-state index contributed by atoms with van der Waals surface area (Å²) >= 11 is 5.98. The predicted molar refractivity (Wildman–Crippen MR) is 116 cm³/mol. The van der Waals surface area contributed by atoms with Gasteiger partial charge in [0.15, 0.2) is 24.0 Å². The van der Waals surface area contributed by atoms with E-state index in [4.69, 9.17) is 35.3 Å². The van der Waals surface area contributed by atoms with Crippen LogP contribution in [0.15, 0.2) is 24.3 Å². The van der Waals surface area contributed by atoms with Gasteiger partial charge in [0.1, 0.15) is 18.3 Å². The Labute approximate surface area is 193 Å². The summed E-state index contributed by atoms with van der Waals surface area (Å²) in [6, 6.07) is 7.02. The Balaban J connectivity index is 1.27. The normalized spacial score (nSPS) is 37.2. The van der Waals surface area contributed by atoms with Crippen LogP contribution >= 0.6 is 11.6 Å². The maximum atomic E-state index is 13.3. The van der Waals surface area contributed by atoms with Crippen LogP contribution in [0.4, 0.5) is 5.69 Å². The van der Waals surface area contributed by atoms with E-state index in [2.05, 4.69) is 5.32 Å². The van der Waals surface area contributed by atoms with Crippen LogP contribution in [0, 0.1) is 0 Å². The van der Waals surface area contributed by atoms with E-state index >= 15 is 0 Å². The molecule has 3 saturated heterocycles. The Morgan fingerprint density at radius 1 is 0.781 bits per heavy atom. The van der Waals surface area contributed by atoms with E-state index in [-0.39, 0.29) is 12.0 Å². The molecule has 1 aromatic carbocycles. The number of hydrogen-bond acceptors (Lipinski definition) is 6. The summed E-state index contributed by atoms with van der Waals surface area (Å²) in [6.45, 7) is 0. The number of amides is 1. The maximum absolute atomic E-state index is 13.3. The molecule has 1 aromatic rings. The highest BCUT2D eigenvalue weighted by atomic mass is 35.5. The number of nitrogens with one attached hydrogen (secondary N) is 1. The van der Waals surface area contributed by atoms with Gasteiger partial charge in [0.2, 0.25) is 0 Å². The molecule has 5 aliphatic rings. The number of ether oxygens (including phenoxy) is 5. The third-order valence-electron chi connectivity index (χ3n) is 7.48. The second kappa shape index (κ2) is 8.22. The van der Waals surface area contributed by atoms with Gasteiger partial charge in [-0.1, -0.05) is 24.4 Å². The van der Waals surface area contributed by atoms with E-state index in [1.54, 1.807) is 24.3 Å². The average molecular weight is 464 g/mol. The van der Waals surface area contributed by atoms with E-state index in [1.807, 2.05) is 0 Å². The zero-order chi connectivity index (χ0) is 21.8. The third kappa shape index (κ3) is 3.77. The van der Waals surface area contributed by atoms with E-state index in [0.29, 0.717) is 10.7 Å². The van der Waals surface area contributed by atoms with Crippen LogP contribution in [0.5, 0.6) is 0 Å². The van der Waals surface area contributed by atoms with Crippen molar-refractivity contribution in [2.75, 3.05) is 5.32 Å². The lowest BCUT2D eigenvalue weighted by atomic mass is 9.94. The average Bonchev–Trinajstić information content (AvgIpc) is 3.33. The molecule has 6 rings (SSSR count). The molecule has 2 saturated carbocycles. The Morgan fingerprint density at radius 3 is 2.00 bits per heavy atom. The molecule has 7 nitrogen and oxygen atoms in total. The topological polar surface area (TPSA) is 75.3 Å². The monoisotopic (exact) mass is 463 g/mol. The van der Waals surface area contributed by atoms with Crippen molar-refractivity contribution >= 4 is 23.2 Å². The lowest BCUT2D eigenvalue weighted by Gasteiger charge is -2.36. The molecule has 8 heteroatoms. The standard InChI is InChI=1S/C24H30ClNO6/c25-15-7-9-16(10-8-15)26-21(27)19-17-18(30-23(29-17)11-3-1-4-12-23)20-22(28-19)32-24(31-20)13-5-2-6-14-24/h7-10,17-20,22H,1-6,11-14H2,(H,26,27). The van der Waals surface area contributed by atoms with Gasteiger partial charge in [0, 0.05) is 36.4 Å². The first-order valence-electron chi connectivity index (χ1n) is 12.0. The fraction of sp³-hybridized carbons (Fsp3) is 0.708. The van der Waals surface area contributed by atoms with Crippen molar-refractivity contribution < 1.29 is 28.5 Å². The Kier molecular flexibility index (Phi) is 5.48. The van der Waals surface area contributed by atoms with Crippen LogP contribution in [0.25, 0.3) is 0 Å². The maximum Gasteiger partial charge on any atom is 0.256 e. The highest BCUT2D eigenvalue weighted by Gasteiger charge is 2.65. The summed E-state index contributed by atoms with van der Waals surface area (Å²) in [7, 11) is 0. The van der Waals surface area contributed by atoms with Crippen molar-refractivity contribution in [2.45, 2.75) is 106 Å². The summed E-state index contributed by atoms with van der Waals surface area (Å²) in [5, 5.41) is 3.55. The summed E-state index contributed by atoms with van der Waals surface area (Å²) in [6.07, 6.45) is 7.13. The van der Waals surface area contributed by atoms with Gasteiger partial charge in [-0.15, -0.1) is 0 Å². The molecule has 5 fully saturated rings. The first-order chi connectivity index (χ1) is 15.5. The number of carbonyl (C=O) groups excluding carboxylic acids is 1. The SMILES string of the molecule is O=C(Nc1ccc(Cl)cc1)C1OC2OC3(CCCCC3)OC2C2OC3(CCCCC3)OC12. The van der Waals surface area contributed by atoms with Crippen LogP contribution in [0.1, 0.15) is 64.2 Å². The van der Waals surface area contributed by atoms with Crippen molar-refractivity contribution in [3.63, 3.8) is 0 Å². The third-order valence-corrected chi connectivity index (χ3v) is 7.73. The van der Waals surface area contributed by atoms with Crippen LogP contribution in [0.3, 0.4) is 0 Å². The highest BCUT2D eigenvalue weighted by Crippen LogP contribution is 2.51. The van der Waals surface area contributed by atoms with E-state index < -0.39 is 36.2 Å². The number of rotatable bonds is 2. The second-order valence-corrected chi connectivity index (χ2v) is 10.2. The van der Waals surface area contributed by atoms with Gasteiger partial charge in [-0.3, -0.25) is 4.79 Å². The van der Waals surface area contributed by atoms with Crippen molar-refractivity contribution in [3.05, 3.63) is 29.3 Å². The van der Waals surface area contributed by atoms with Gasteiger partial charge in [0.05, 0.1) is 0 Å². The van der Waals surface area contributed by atoms with Crippen LogP contribution < -0.4 is 5.32 Å². The molecular weight excluding hydrogens is 434 g/mol. The number of hydrogen-bond donors (Lipinski definition) is 1. The summed E-state index contributed by atoms with van der Waals surface area (Å²) in [4.78, 5) is 13.3. The van der Waals surface area contributed by atoms with E-state index in [1.165, 1.54) is 12.8 Å². The van der Waals surface area contributed by atoms with Crippen LogP contribution in [0.2, 0.25) is 5.02 Å². The summed E-state index contributed by atoms with van der Waals surface area (Å²) < 4.78 is 32.2. The molecule has 1 N–H and O–H groups in total. The van der Waals surface area contributed by atoms with Crippen LogP contribution in [-0.4, -0.2) is 48.2 Å². The summed E-state index contributed by atoms with van der Waals surface area (Å²) in [5.74, 6) is -1.56. The number of halogens is 1. The molecule has 5 unspecified atom stereocenters. The van der Waals surface area contributed by atoms with E-state index in [9.17, 15) is 4.79 Å². The molecule has 2 aliphatic carbocycles. The quantitative estimate of drug-likeness (QED) is 0.694. The fourth-order valence-corrected chi connectivity index (χ4v) is 6.04. The van der Waals surface area contributed by atoms with Gasteiger partial charge < -0.3 is 29.0 Å². The number of fused-ring (bicyclic) bond motifs is 3. The van der Waals surface area contributed by atoms with Crippen molar-refractivity contribution in [2.24, 2.45) is 0 Å². The van der Waals surface area contributed by atoms with Gasteiger partial charge in [-0.05, 0) is 49.9 Å². The smallest absolute Gasteiger partial charge is 0.256 e. The molecule has 0 radical (unpaired) electrons. The Bertz CT molecular complexity index is 851. The van der Waals surface area contributed by atoms with Crippen molar-refractivity contribution in [1.82, 2.24) is 0 Å². The zero-order valence-corrected chi connectivity index (χ0v) is 18.9. The summed E-state index contributed by atoms with van der Waals surface area (Å²) in [5.41, 5.74) is 0.653. The minimum absolute atomic E-state index is 0.273. The first-order valence-corrected chi connectivity index (χ1v) is 12.4. The van der Waals surface area contributed by atoms with Crippen molar-refractivity contribution in [1.29, 1.82) is 0 Å². The zero-order valence-electron chi connectivity index (χ0n) is 18.1. The minimum Gasteiger partial charge on any atom is -0.341 e. The van der Waals surface area contributed by atoms with Gasteiger partial charge >= 0.3 is 0 Å². The number of anilines is 1. The fourth-order valence-electron chi connectivity index (χ4n) is 5.92. The molecular formula is C24H30ClNO6. The van der Waals surface area contributed by atoms with Crippen molar-refractivity contribution in [3.8, 4) is 0 Å². The van der Waals surface area contributed by atoms with Gasteiger partial charge in [-0.2, -0.15) is 0 Å². The predicted octanol–water partition coefficient (Wildman–Crippen LogP) is 4.52. The second-order valence-electron chi connectivity index (χ2n) is 9.73. The molecule has 0 aromatic heterocycles. The molecule has 32 heavy (non-hydrogen) atoms. The lowest BCUT2D eigenvalue weighted by Crippen LogP contribution is -2.58. The molecule has 1 amide bonds. The van der Waals surface area contributed by atoms with Gasteiger partial charge in [0.25, 0.3) is 5.91 Å². The Hall–Kier alpha value is -1.22. The Morgan fingerprint density at radius 2 is 1.34 bits per heavy atom. The lowest BCUT2D eigenvalue weighted by molar-refractivity contribution is -0.246. The first kappa shape index (κ1) is 21.3. The molecule has 3 heterocycles. The largest absolute Gasteiger partial charge is 0.341 e. The van der Waals surface area contributed by atoms with E-state index in [0.717, 1.165) is 51.4 Å². The highest BCUT2D eigenvalue weighted by molar-refractivity contribution is 6.30.